The Balaban J connectivity index is 1.72. The van der Waals surface area contributed by atoms with E-state index in [2.05, 4.69) is 0 Å². The van der Waals surface area contributed by atoms with Crippen molar-refractivity contribution < 1.29 is 24.0 Å². The van der Waals surface area contributed by atoms with Gasteiger partial charge >= 0.3 is 11.7 Å². The summed E-state index contributed by atoms with van der Waals surface area (Å²) in [5.41, 5.74) is 0.397. The van der Waals surface area contributed by atoms with Gasteiger partial charge in [0.1, 0.15) is 5.75 Å². The van der Waals surface area contributed by atoms with Crippen LogP contribution in [0.4, 0.5) is 5.69 Å². The van der Waals surface area contributed by atoms with Crippen LogP contribution in [-0.2, 0) is 4.74 Å². The van der Waals surface area contributed by atoms with Crippen molar-refractivity contribution in [3.05, 3.63) is 99.1 Å². The Bertz CT molecular complexity index is 1100. The Morgan fingerprint density at radius 3 is 2.26 bits per heavy atom. The summed E-state index contributed by atoms with van der Waals surface area (Å²) in [5, 5.41) is 11.3. The number of ether oxygens (including phenoxy) is 2. The fraction of sp³-hybridized carbons (Fsp3) is 0.130. The van der Waals surface area contributed by atoms with Crippen LogP contribution in [0, 0.1) is 10.1 Å². The number of carbonyl (C=O) groups excluding carboxylic acids is 2. The Kier molecular flexibility index (Phi) is 6.99. The van der Waals surface area contributed by atoms with Gasteiger partial charge in [0.05, 0.1) is 15.5 Å². The van der Waals surface area contributed by atoms with Crippen LogP contribution in [0.25, 0.3) is 0 Å². The van der Waals surface area contributed by atoms with Crippen molar-refractivity contribution in [3.8, 4) is 11.5 Å². The zero-order chi connectivity index (χ0) is 22.4. The third kappa shape index (κ3) is 5.26. The standard InChI is InChI=1S/C23H18ClNO6/c1-2-20(21(26)15-7-4-3-5-8-15)31-23(27)16-11-13-17(14-12-16)30-22-18(24)9-6-10-19(22)25(28)29/h3-14,20H,2H2,1H3/t20-/m1/s1. The number of ketones is 1. The largest absolute Gasteiger partial charge is 0.450 e. The number of nitro benzene ring substituents is 1. The van der Waals surface area contributed by atoms with Crippen molar-refractivity contribution in [2.45, 2.75) is 19.4 Å². The number of benzene rings is 3. The predicted molar refractivity (Wildman–Crippen MR) is 115 cm³/mol. The average Bonchev–Trinajstić information content (AvgIpc) is 2.79. The molecule has 0 aliphatic heterocycles. The Hall–Kier alpha value is -3.71. The number of hydrogen-bond donors (Lipinski definition) is 0. The van der Waals surface area contributed by atoms with E-state index in [0.29, 0.717) is 12.0 Å². The first kappa shape index (κ1) is 22.0. The number of carbonyl (C=O) groups is 2. The molecule has 8 heteroatoms. The van der Waals surface area contributed by atoms with Gasteiger partial charge in [-0.2, -0.15) is 0 Å². The highest BCUT2D eigenvalue weighted by Gasteiger charge is 2.23. The SMILES string of the molecule is CC[C@@H](OC(=O)c1ccc(Oc2c(Cl)cccc2[N+](=O)[O-])cc1)C(=O)c1ccccc1. The van der Waals surface area contributed by atoms with Crippen LogP contribution in [0.15, 0.2) is 72.8 Å². The molecular formula is C23H18ClNO6. The van der Waals surface area contributed by atoms with Crippen LogP contribution in [0.2, 0.25) is 5.02 Å². The highest BCUT2D eigenvalue weighted by atomic mass is 35.5. The van der Waals surface area contributed by atoms with E-state index in [9.17, 15) is 19.7 Å². The number of hydrogen-bond acceptors (Lipinski definition) is 6. The quantitative estimate of drug-likeness (QED) is 0.189. The van der Waals surface area contributed by atoms with Gasteiger partial charge < -0.3 is 9.47 Å². The molecule has 0 fully saturated rings. The maximum absolute atomic E-state index is 12.6. The van der Waals surface area contributed by atoms with E-state index in [0.717, 1.165) is 0 Å². The molecule has 3 aromatic rings. The van der Waals surface area contributed by atoms with Crippen LogP contribution < -0.4 is 4.74 Å². The van der Waals surface area contributed by atoms with Crippen molar-refractivity contribution in [1.82, 2.24) is 0 Å². The van der Waals surface area contributed by atoms with E-state index in [1.165, 1.54) is 42.5 Å². The summed E-state index contributed by atoms with van der Waals surface area (Å²) in [5.74, 6) is -0.780. The second kappa shape index (κ2) is 9.86. The normalized spacial score (nSPS) is 11.4. The fourth-order valence-corrected chi connectivity index (χ4v) is 3.04. The van der Waals surface area contributed by atoms with Gasteiger partial charge in [-0.1, -0.05) is 54.9 Å². The van der Waals surface area contributed by atoms with E-state index < -0.39 is 17.0 Å². The fourth-order valence-electron chi connectivity index (χ4n) is 2.83. The van der Waals surface area contributed by atoms with Gasteiger partial charge in [-0.3, -0.25) is 14.9 Å². The van der Waals surface area contributed by atoms with Gasteiger partial charge in [0.15, 0.2) is 6.10 Å². The van der Waals surface area contributed by atoms with Crippen LogP contribution >= 0.6 is 11.6 Å². The average molecular weight is 440 g/mol. The summed E-state index contributed by atoms with van der Waals surface area (Å²) >= 11 is 6.02. The molecule has 1 atom stereocenters. The molecule has 0 spiro atoms. The molecule has 0 saturated heterocycles. The zero-order valence-electron chi connectivity index (χ0n) is 16.5. The number of halogens is 1. The monoisotopic (exact) mass is 439 g/mol. The van der Waals surface area contributed by atoms with Crippen molar-refractivity contribution in [2.75, 3.05) is 0 Å². The second-order valence-corrected chi connectivity index (χ2v) is 6.91. The maximum Gasteiger partial charge on any atom is 0.338 e. The first-order valence-electron chi connectivity index (χ1n) is 9.41. The second-order valence-electron chi connectivity index (χ2n) is 6.50. The molecule has 0 N–H and O–H groups in total. The minimum Gasteiger partial charge on any atom is -0.450 e. The van der Waals surface area contributed by atoms with Gasteiger partial charge in [-0.15, -0.1) is 0 Å². The molecule has 0 aliphatic carbocycles. The minimum absolute atomic E-state index is 0.0860. The van der Waals surface area contributed by atoms with Crippen LogP contribution in [0.3, 0.4) is 0 Å². The molecule has 31 heavy (non-hydrogen) atoms. The Morgan fingerprint density at radius 2 is 1.65 bits per heavy atom. The Morgan fingerprint density at radius 1 is 0.968 bits per heavy atom. The van der Waals surface area contributed by atoms with Crippen LogP contribution in [-0.4, -0.2) is 22.8 Å². The molecule has 0 radical (unpaired) electrons. The number of Topliss-reactive ketones (excluding diaryl/α,β-unsaturated/α-hetero) is 1. The molecule has 0 saturated carbocycles. The van der Waals surface area contributed by atoms with E-state index in [1.807, 2.05) is 0 Å². The number of esters is 1. The molecule has 0 unspecified atom stereocenters. The molecule has 0 aromatic heterocycles. The smallest absolute Gasteiger partial charge is 0.338 e. The summed E-state index contributed by atoms with van der Waals surface area (Å²) in [6.07, 6.45) is -0.576. The first-order valence-corrected chi connectivity index (χ1v) is 9.79. The van der Waals surface area contributed by atoms with Gasteiger partial charge in [0.2, 0.25) is 11.5 Å². The lowest BCUT2D eigenvalue weighted by Crippen LogP contribution is -2.26. The molecule has 158 valence electrons. The third-order valence-electron chi connectivity index (χ3n) is 4.42. The van der Waals surface area contributed by atoms with E-state index in [4.69, 9.17) is 21.1 Å². The van der Waals surface area contributed by atoms with Gasteiger partial charge in [0.25, 0.3) is 0 Å². The van der Waals surface area contributed by atoms with Gasteiger partial charge in [-0.05, 0) is 36.8 Å². The van der Waals surface area contributed by atoms with E-state index in [1.54, 1.807) is 37.3 Å². The lowest BCUT2D eigenvalue weighted by molar-refractivity contribution is -0.385. The minimum atomic E-state index is -0.906. The molecule has 0 aliphatic rings. The molecule has 3 aromatic carbocycles. The van der Waals surface area contributed by atoms with Crippen molar-refractivity contribution in [3.63, 3.8) is 0 Å². The van der Waals surface area contributed by atoms with Crippen molar-refractivity contribution in [1.29, 1.82) is 0 Å². The summed E-state index contributed by atoms with van der Waals surface area (Å²) in [6.45, 7) is 1.76. The molecule has 7 nitrogen and oxygen atoms in total. The maximum atomic E-state index is 12.6. The highest BCUT2D eigenvalue weighted by Crippen LogP contribution is 2.37. The summed E-state index contributed by atoms with van der Waals surface area (Å²) < 4.78 is 10.9. The van der Waals surface area contributed by atoms with Gasteiger partial charge in [-0.25, -0.2) is 4.79 Å². The predicted octanol–water partition coefficient (Wildman–Crippen LogP) is 5.86. The molecular weight excluding hydrogens is 422 g/mol. The van der Waals surface area contributed by atoms with Crippen molar-refractivity contribution >= 4 is 29.0 Å². The number of para-hydroxylation sites is 1. The lowest BCUT2D eigenvalue weighted by atomic mass is 10.0. The molecule has 0 bridgehead atoms. The van der Waals surface area contributed by atoms with Crippen LogP contribution in [0.5, 0.6) is 11.5 Å². The first-order chi connectivity index (χ1) is 14.9. The van der Waals surface area contributed by atoms with Gasteiger partial charge in [0, 0.05) is 11.6 Å². The summed E-state index contributed by atoms with van der Waals surface area (Å²) in [7, 11) is 0. The summed E-state index contributed by atoms with van der Waals surface area (Å²) in [6, 6.07) is 18.6. The molecule has 0 amide bonds. The summed E-state index contributed by atoms with van der Waals surface area (Å²) in [4.78, 5) is 35.6. The van der Waals surface area contributed by atoms with E-state index >= 15 is 0 Å². The highest BCUT2D eigenvalue weighted by molar-refractivity contribution is 6.32. The van der Waals surface area contributed by atoms with E-state index in [-0.39, 0.29) is 33.6 Å². The lowest BCUT2D eigenvalue weighted by Gasteiger charge is -2.15. The molecule has 0 heterocycles. The third-order valence-corrected chi connectivity index (χ3v) is 4.72. The van der Waals surface area contributed by atoms with Crippen molar-refractivity contribution in [2.24, 2.45) is 0 Å². The Labute approximate surface area is 183 Å². The van der Waals surface area contributed by atoms with Crippen LogP contribution in [0.1, 0.15) is 34.1 Å². The molecule has 3 rings (SSSR count). The zero-order valence-corrected chi connectivity index (χ0v) is 17.2. The topological polar surface area (TPSA) is 95.7 Å². The number of rotatable bonds is 8. The number of nitrogens with zero attached hydrogens (tertiary/aromatic N) is 1. The number of nitro groups is 1.